The third kappa shape index (κ3) is 4.61. The molecule has 0 rings (SSSR count). The molecule has 0 aliphatic heterocycles. The summed E-state index contributed by atoms with van der Waals surface area (Å²) < 4.78 is 4.02. The zero-order chi connectivity index (χ0) is 12.1. The van der Waals surface area contributed by atoms with Crippen molar-refractivity contribution in [3.05, 3.63) is 0 Å². The second-order valence-electron chi connectivity index (χ2n) is 3.64. The number of hydrogen-bond acceptors (Lipinski definition) is 5. The van der Waals surface area contributed by atoms with Gasteiger partial charge in [0.15, 0.2) is 6.73 Å². The Balaban J connectivity index is 4.05. The van der Waals surface area contributed by atoms with Crippen LogP contribution in [-0.2, 0) is 9.53 Å². The molecule has 0 aliphatic rings. The first kappa shape index (κ1) is 13.7. The molecule has 0 aromatic heterocycles. The first-order valence-electron chi connectivity index (χ1n) is 4.23. The molecule has 88 valence electrons. The van der Waals surface area contributed by atoms with Gasteiger partial charge in [0.25, 0.3) is 5.91 Å². The van der Waals surface area contributed by atoms with Crippen molar-refractivity contribution < 1.29 is 29.6 Å². The Bertz CT molecular complexity index is 239. The van der Waals surface area contributed by atoms with Gasteiger partial charge in [0, 0.05) is 5.41 Å². The molecule has 0 bridgehead atoms. The first-order valence-corrected chi connectivity index (χ1v) is 4.23. The van der Waals surface area contributed by atoms with Gasteiger partial charge in [-0.05, 0) is 0 Å². The lowest BCUT2D eigenvalue weighted by Crippen LogP contribution is -2.46. The van der Waals surface area contributed by atoms with Crippen molar-refractivity contribution in [1.82, 2.24) is 5.32 Å². The molecule has 0 aliphatic carbocycles. The summed E-state index contributed by atoms with van der Waals surface area (Å²) in [5.74, 6) is -0.796. The molecule has 15 heavy (non-hydrogen) atoms. The molecule has 0 unspecified atom stereocenters. The second-order valence-corrected chi connectivity index (χ2v) is 3.64. The van der Waals surface area contributed by atoms with Crippen molar-refractivity contribution in [2.24, 2.45) is 5.41 Å². The minimum Gasteiger partial charge on any atom is -0.450 e. The zero-order valence-electron chi connectivity index (χ0n) is 8.56. The van der Waals surface area contributed by atoms with Crippen LogP contribution in [0.5, 0.6) is 0 Å². The summed E-state index contributed by atoms with van der Waals surface area (Å²) in [7, 11) is 0. The summed E-state index contributed by atoms with van der Waals surface area (Å²) in [5.41, 5.74) is -0.993. The third-order valence-electron chi connectivity index (χ3n) is 1.84. The van der Waals surface area contributed by atoms with E-state index in [2.05, 4.69) is 10.1 Å². The highest BCUT2D eigenvalue weighted by Crippen LogP contribution is 2.19. The van der Waals surface area contributed by atoms with Crippen molar-refractivity contribution in [2.75, 3.05) is 13.3 Å². The quantitative estimate of drug-likeness (QED) is 0.354. The highest BCUT2D eigenvalue weighted by atomic mass is 16.7. The Morgan fingerprint density at radius 3 is 2.40 bits per heavy atom. The van der Waals surface area contributed by atoms with E-state index >= 15 is 0 Å². The molecule has 0 heterocycles. The highest BCUT2D eigenvalue weighted by molar-refractivity contribution is 5.81. The Kier molecular flexibility index (Phi) is 5.03. The molecule has 0 aromatic carbocycles. The number of amides is 1. The van der Waals surface area contributed by atoms with Gasteiger partial charge in [-0.15, -0.1) is 0 Å². The van der Waals surface area contributed by atoms with Crippen molar-refractivity contribution in [2.45, 2.75) is 20.0 Å². The van der Waals surface area contributed by atoms with Crippen molar-refractivity contribution in [3.8, 4) is 0 Å². The molecule has 0 fully saturated rings. The second kappa shape index (κ2) is 5.52. The Labute approximate surface area is 86.7 Å². The summed E-state index contributed by atoms with van der Waals surface area (Å²) >= 11 is 0. The lowest BCUT2D eigenvalue weighted by atomic mass is 9.87. The first-order chi connectivity index (χ1) is 6.81. The molecule has 0 saturated carbocycles. The van der Waals surface area contributed by atoms with Gasteiger partial charge in [-0.1, -0.05) is 13.8 Å². The maximum Gasteiger partial charge on any atom is 0.507 e. The molecule has 0 saturated heterocycles. The SMILES string of the molecule is CC(C)(CO)[C@@H](O)C(=O)NCOC(=O)O. The monoisotopic (exact) mass is 221 g/mol. The molecule has 0 radical (unpaired) electrons. The summed E-state index contributed by atoms with van der Waals surface area (Å²) in [6, 6.07) is 0. The molecule has 0 spiro atoms. The fourth-order valence-electron chi connectivity index (χ4n) is 0.707. The van der Waals surface area contributed by atoms with E-state index in [0.29, 0.717) is 0 Å². The third-order valence-corrected chi connectivity index (χ3v) is 1.84. The van der Waals surface area contributed by atoms with Crippen LogP contribution in [-0.4, -0.2) is 46.8 Å². The van der Waals surface area contributed by atoms with E-state index in [1.165, 1.54) is 13.8 Å². The van der Waals surface area contributed by atoms with Crippen LogP contribution in [0.25, 0.3) is 0 Å². The van der Waals surface area contributed by atoms with Crippen LogP contribution >= 0.6 is 0 Å². The van der Waals surface area contributed by atoms with Crippen LogP contribution in [0.4, 0.5) is 4.79 Å². The largest absolute Gasteiger partial charge is 0.507 e. The Morgan fingerprint density at radius 2 is 2.00 bits per heavy atom. The number of aliphatic hydroxyl groups excluding tert-OH is 2. The maximum atomic E-state index is 11.2. The topological polar surface area (TPSA) is 116 Å². The number of nitrogens with one attached hydrogen (secondary N) is 1. The molecule has 1 amide bonds. The number of carbonyl (C=O) groups is 2. The fraction of sp³-hybridized carbons (Fsp3) is 0.750. The van der Waals surface area contributed by atoms with E-state index in [1.54, 1.807) is 0 Å². The molecule has 1 atom stereocenters. The summed E-state index contributed by atoms with van der Waals surface area (Å²) in [5, 5.41) is 28.4. The van der Waals surface area contributed by atoms with Gasteiger partial charge in [0.05, 0.1) is 6.61 Å². The van der Waals surface area contributed by atoms with Crippen molar-refractivity contribution in [3.63, 3.8) is 0 Å². The predicted octanol–water partition coefficient (Wildman–Crippen LogP) is -0.866. The average molecular weight is 221 g/mol. The zero-order valence-corrected chi connectivity index (χ0v) is 8.56. The van der Waals surface area contributed by atoms with Crippen LogP contribution in [0.15, 0.2) is 0 Å². The van der Waals surface area contributed by atoms with Gasteiger partial charge in [-0.25, -0.2) is 4.79 Å². The lowest BCUT2D eigenvalue weighted by molar-refractivity contribution is -0.138. The smallest absolute Gasteiger partial charge is 0.450 e. The van der Waals surface area contributed by atoms with Crippen LogP contribution in [0, 0.1) is 5.41 Å². The van der Waals surface area contributed by atoms with Crippen LogP contribution in [0.2, 0.25) is 0 Å². The van der Waals surface area contributed by atoms with E-state index in [0.717, 1.165) is 0 Å². The molecule has 7 heteroatoms. The van der Waals surface area contributed by atoms with Gasteiger partial charge in [0.1, 0.15) is 6.10 Å². The van der Waals surface area contributed by atoms with Crippen LogP contribution in [0.1, 0.15) is 13.8 Å². The van der Waals surface area contributed by atoms with E-state index in [4.69, 9.17) is 10.2 Å². The van der Waals surface area contributed by atoms with Gasteiger partial charge in [-0.3, -0.25) is 4.79 Å². The predicted molar refractivity (Wildman–Crippen MR) is 49.0 cm³/mol. The number of hydrogen-bond donors (Lipinski definition) is 4. The molecular formula is C8H15NO6. The maximum absolute atomic E-state index is 11.2. The average Bonchev–Trinajstić information content (AvgIpc) is 2.15. The summed E-state index contributed by atoms with van der Waals surface area (Å²) in [4.78, 5) is 21.1. The summed E-state index contributed by atoms with van der Waals surface area (Å²) in [6.07, 6.45) is -2.95. The lowest BCUT2D eigenvalue weighted by Gasteiger charge is -2.26. The van der Waals surface area contributed by atoms with E-state index in [9.17, 15) is 14.7 Å². The van der Waals surface area contributed by atoms with Crippen molar-refractivity contribution in [1.29, 1.82) is 0 Å². The van der Waals surface area contributed by atoms with E-state index < -0.39 is 30.3 Å². The standard InChI is InChI=1S/C8H15NO6/c1-8(2,3-10)5(11)6(12)9-4-15-7(13)14/h5,10-11H,3-4H2,1-2H3,(H,9,12)(H,13,14)/t5-/m0/s1. The summed E-state index contributed by atoms with van der Waals surface area (Å²) in [6.45, 7) is 2.08. The molecule has 7 nitrogen and oxygen atoms in total. The van der Waals surface area contributed by atoms with Crippen molar-refractivity contribution >= 4 is 12.1 Å². The number of carboxylic acid groups (broad SMARTS) is 1. The van der Waals surface area contributed by atoms with E-state index in [-0.39, 0.29) is 6.61 Å². The van der Waals surface area contributed by atoms with Crippen LogP contribution < -0.4 is 5.32 Å². The van der Waals surface area contributed by atoms with Gasteiger partial charge in [-0.2, -0.15) is 0 Å². The Hall–Kier alpha value is -1.34. The number of ether oxygens (including phenoxy) is 1. The number of rotatable bonds is 5. The van der Waals surface area contributed by atoms with Gasteiger partial charge < -0.3 is 25.4 Å². The molecular weight excluding hydrogens is 206 g/mol. The minimum absolute atomic E-state index is 0.374. The fourth-order valence-corrected chi connectivity index (χ4v) is 0.707. The molecule has 4 N–H and O–H groups in total. The van der Waals surface area contributed by atoms with Gasteiger partial charge >= 0.3 is 6.16 Å². The normalized spacial score (nSPS) is 13.1. The number of carbonyl (C=O) groups excluding carboxylic acids is 1. The Morgan fingerprint density at radius 1 is 1.47 bits per heavy atom. The molecule has 0 aromatic rings. The number of aliphatic hydroxyl groups is 2. The van der Waals surface area contributed by atoms with Crippen LogP contribution in [0.3, 0.4) is 0 Å². The highest BCUT2D eigenvalue weighted by Gasteiger charge is 2.32. The minimum atomic E-state index is -1.52. The van der Waals surface area contributed by atoms with E-state index in [1.807, 2.05) is 0 Å². The van der Waals surface area contributed by atoms with Gasteiger partial charge in [0.2, 0.25) is 0 Å².